The SMILES string of the molecule is CCNC(c1ccc(Br)s1)c1c(Br)cnn1CCOC. The predicted octanol–water partition coefficient (Wildman–Crippen LogP) is 3.81. The van der Waals surface area contributed by atoms with E-state index in [0.717, 1.165) is 27.0 Å². The van der Waals surface area contributed by atoms with Crippen LogP contribution in [-0.2, 0) is 11.3 Å². The molecule has 2 aromatic rings. The molecule has 0 saturated carbocycles. The van der Waals surface area contributed by atoms with E-state index in [1.807, 2.05) is 10.9 Å². The number of aromatic nitrogens is 2. The van der Waals surface area contributed by atoms with E-state index in [4.69, 9.17) is 4.74 Å². The largest absolute Gasteiger partial charge is 0.383 e. The summed E-state index contributed by atoms with van der Waals surface area (Å²) in [6.07, 6.45) is 1.85. The number of halogens is 2. The van der Waals surface area contributed by atoms with Crippen molar-refractivity contribution >= 4 is 43.2 Å². The Morgan fingerprint density at radius 2 is 2.25 bits per heavy atom. The molecule has 2 aromatic heterocycles. The Bertz CT molecular complexity index is 556. The van der Waals surface area contributed by atoms with Gasteiger partial charge in [0.15, 0.2) is 0 Å². The molecule has 2 rings (SSSR count). The van der Waals surface area contributed by atoms with Crippen LogP contribution in [0.25, 0.3) is 0 Å². The average Bonchev–Trinajstić information content (AvgIpc) is 3.01. The number of nitrogens with zero attached hydrogens (tertiary/aromatic N) is 2. The van der Waals surface area contributed by atoms with Gasteiger partial charge in [0.1, 0.15) is 0 Å². The molecule has 0 radical (unpaired) electrons. The van der Waals surface area contributed by atoms with Crippen LogP contribution in [-0.4, -0.2) is 30.0 Å². The first kappa shape index (κ1) is 16.2. The topological polar surface area (TPSA) is 39.1 Å². The van der Waals surface area contributed by atoms with Gasteiger partial charge in [0.05, 0.1) is 39.3 Å². The van der Waals surface area contributed by atoms with Crippen LogP contribution in [0.1, 0.15) is 23.5 Å². The summed E-state index contributed by atoms with van der Waals surface area (Å²) in [5.74, 6) is 0. The number of thiophene rings is 1. The van der Waals surface area contributed by atoms with Gasteiger partial charge in [-0.3, -0.25) is 4.68 Å². The van der Waals surface area contributed by atoms with Crippen molar-refractivity contribution in [1.82, 2.24) is 15.1 Å². The first-order chi connectivity index (χ1) is 9.67. The second-order valence-electron chi connectivity index (χ2n) is 4.23. The first-order valence-corrected chi connectivity index (χ1v) is 8.76. The zero-order valence-corrected chi connectivity index (χ0v) is 15.4. The van der Waals surface area contributed by atoms with Crippen LogP contribution in [0.15, 0.2) is 26.6 Å². The molecule has 2 heterocycles. The van der Waals surface area contributed by atoms with E-state index < -0.39 is 0 Å². The minimum atomic E-state index is 0.130. The van der Waals surface area contributed by atoms with Crippen molar-refractivity contribution in [1.29, 1.82) is 0 Å². The molecule has 0 bridgehead atoms. The molecule has 0 fully saturated rings. The molecule has 0 aliphatic rings. The maximum atomic E-state index is 5.16. The van der Waals surface area contributed by atoms with E-state index in [1.54, 1.807) is 18.4 Å². The number of nitrogens with one attached hydrogen (secondary N) is 1. The fourth-order valence-corrected chi connectivity index (χ4v) is 4.06. The fourth-order valence-electron chi connectivity index (χ4n) is 2.03. The van der Waals surface area contributed by atoms with Gasteiger partial charge in [0.2, 0.25) is 0 Å². The fraction of sp³-hybridized carbons (Fsp3) is 0.462. The molecule has 1 N–H and O–H groups in total. The second-order valence-corrected chi connectivity index (χ2v) is 7.58. The van der Waals surface area contributed by atoms with Crippen LogP contribution in [0, 0.1) is 0 Å². The highest BCUT2D eigenvalue weighted by Crippen LogP contribution is 2.34. The van der Waals surface area contributed by atoms with Crippen molar-refractivity contribution in [2.75, 3.05) is 20.3 Å². The normalized spacial score (nSPS) is 12.8. The Morgan fingerprint density at radius 1 is 1.45 bits per heavy atom. The number of hydrogen-bond acceptors (Lipinski definition) is 4. The maximum Gasteiger partial charge on any atom is 0.0853 e. The molecule has 110 valence electrons. The molecule has 0 saturated heterocycles. The van der Waals surface area contributed by atoms with Gasteiger partial charge in [0.25, 0.3) is 0 Å². The summed E-state index contributed by atoms with van der Waals surface area (Å²) in [6, 6.07) is 4.35. The third kappa shape index (κ3) is 3.71. The highest BCUT2D eigenvalue weighted by Gasteiger charge is 2.22. The van der Waals surface area contributed by atoms with Crippen LogP contribution in [0.5, 0.6) is 0 Å². The number of methoxy groups -OCH3 is 1. The van der Waals surface area contributed by atoms with E-state index in [2.05, 4.69) is 61.3 Å². The lowest BCUT2D eigenvalue weighted by atomic mass is 10.1. The molecule has 0 amide bonds. The van der Waals surface area contributed by atoms with E-state index in [9.17, 15) is 0 Å². The zero-order chi connectivity index (χ0) is 14.5. The molecular weight excluding hydrogens is 406 g/mol. The van der Waals surface area contributed by atoms with Crippen molar-refractivity contribution in [2.45, 2.75) is 19.5 Å². The van der Waals surface area contributed by atoms with Gasteiger partial charge in [-0.1, -0.05) is 6.92 Å². The molecule has 1 unspecified atom stereocenters. The Hall–Kier alpha value is -0.210. The van der Waals surface area contributed by atoms with Gasteiger partial charge >= 0.3 is 0 Å². The quantitative estimate of drug-likeness (QED) is 0.737. The number of rotatable bonds is 7. The van der Waals surface area contributed by atoms with Crippen LogP contribution >= 0.6 is 43.2 Å². The summed E-state index contributed by atoms with van der Waals surface area (Å²) in [4.78, 5) is 1.26. The molecule has 0 aliphatic carbocycles. The van der Waals surface area contributed by atoms with Gasteiger partial charge in [-0.2, -0.15) is 5.10 Å². The van der Waals surface area contributed by atoms with Crippen LogP contribution in [0.4, 0.5) is 0 Å². The summed E-state index contributed by atoms with van der Waals surface area (Å²) < 4.78 is 9.30. The first-order valence-electron chi connectivity index (χ1n) is 6.36. The summed E-state index contributed by atoms with van der Waals surface area (Å²) in [6.45, 7) is 4.39. The Balaban J connectivity index is 2.35. The Labute approximate surface area is 139 Å². The summed E-state index contributed by atoms with van der Waals surface area (Å²) in [5.41, 5.74) is 1.14. The lowest BCUT2D eigenvalue weighted by molar-refractivity contribution is 0.182. The minimum Gasteiger partial charge on any atom is -0.383 e. The molecule has 20 heavy (non-hydrogen) atoms. The molecule has 7 heteroatoms. The van der Waals surface area contributed by atoms with Crippen molar-refractivity contribution in [3.05, 3.63) is 37.2 Å². The summed E-state index contributed by atoms with van der Waals surface area (Å²) in [7, 11) is 1.70. The molecule has 0 aliphatic heterocycles. The minimum absolute atomic E-state index is 0.130. The smallest absolute Gasteiger partial charge is 0.0853 e. The predicted molar refractivity (Wildman–Crippen MR) is 89.3 cm³/mol. The van der Waals surface area contributed by atoms with Gasteiger partial charge in [-0.05, 0) is 50.5 Å². The lowest BCUT2D eigenvalue weighted by Crippen LogP contribution is -2.25. The molecular formula is C13H17Br2N3OS. The molecule has 0 aromatic carbocycles. The third-order valence-corrected chi connectivity index (χ3v) is 5.20. The van der Waals surface area contributed by atoms with Crippen molar-refractivity contribution in [3.63, 3.8) is 0 Å². The van der Waals surface area contributed by atoms with E-state index in [-0.39, 0.29) is 6.04 Å². The third-order valence-electron chi connectivity index (χ3n) is 2.90. The second kappa shape index (κ2) is 7.70. The highest BCUT2D eigenvalue weighted by molar-refractivity contribution is 9.11. The number of ether oxygens (including phenoxy) is 1. The number of hydrogen-bond donors (Lipinski definition) is 1. The van der Waals surface area contributed by atoms with E-state index >= 15 is 0 Å². The highest BCUT2D eigenvalue weighted by atomic mass is 79.9. The van der Waals surface area contributed by atoms with E-state index in [1.165, 1.54) is 4.88 Å². The Morgan fingerprint density at radius 3 is 2.85 bits per heavy atom. The van der Waals surface area contributed by atoms with E-state index in [0.29, 0.717) is 6.61 Å². The Kier molecular flexibility index (Phi) is 6.22. The van der Waals surface area contributed by atoms with Crippen LogP contribution in [0.3, 0.4) is 0 Å². The summed E-state index contributed by atoms with van der Waals surface area (Å²) >= 11 is 8.88. The van der Waals surface area contributed by atoms with Gasteiger partial charge in [0, 0.05) is 12.0 Å². The van der Waals surface area contributed by atoms with Crippen molar-refractivity contribution in [2.24, 2.45) is 0 Å². The lowest BCUT2D eigenvalue weighted by Gasteiger charge is -2.19. The van der Waals surface area contributed by atoms with Crippen molar-refractivity contribution < 1.29 is 4.74 Å². The van der Waals surface area contributed by atoms with Crippen LogP contribution < -0.4 is 5.32 Å². The van der Waals surface area contributed by atoms with Gasteiger partial charge in [-0.15, -0.1) is 11.3 Å². The average molecular weight is 423 g/mol. The zero-order valence-electron chi connectivity index (χ0n) is 11.4. The molecule has 0 spiro atoms. The monoisotopic (exact) mass is 421 g/mol. The molecule has 4 nitrogen and oxygen atoms in total. The van der Waals surface area contributed by atoms with Crippen LogP contribution in [0.2, 0.25) is 0 Å². The van der Waals surface area contributed by atoms with Gasteiger partial charge < -0.3 is 10.1 Å². The molecule has 1 atom stereocenters. The van der Waals surface area contributed by atoms with Gasteiger partial charge in [-0.25, -0.2) is 0 Å². The maximum absolute atomic E-state index is 5.16. The van der Waals surface area contributed by atoms with Crippen molar-refractivity contribution in [3.8, 4) is 0 Å². The standard InChI is InChI=1S/C13H17Br2N3OS/c1-3-16-12(10-4-5-11(15)20-10)13-9(14)8-17-18(13)6-7-19-2/h4-5,8,12,16H,3,6-7H2,1-2H3. The summed E-state index contributed by atoms with van der Waals surface area (Å²) in [5, 5.41) is 7.96.